The van der Waals surface area contributed by atoms with Gasteiger partial charge in [-0.1, -0.05) is 13.8 Å². The van der Waals surface area contributed by atoms with Crippen LogP contribution in [0.5, 0.6) is 0 Å². The normalized spacial score (nSPS) is 28.9. The van der Waals surface area contributed by atoms with Crippen molar-refractivity contribution in [3.05, 3.63) is 0 Å². The van der Waals surface area contributed by atoms with Crippen LogP contribution in [0.3, 0.4) is 0 Å². The maximum absolute atomic E-state index is 11.8. The summed E-state index contributed by atoms with van der Waals surface area (Å²) in [5.41, 5.74) is -0.525. The molecule has 0 aromatic rings. The van der Waals surface area contributed by atoms with Gasteiger partial charge in [-0.3, -0.25) is 9.69 Å². The molecular formula is C16H32N2O2. The summed E-state index contributed by atoms with van der Waals surface area (Å²) >= 11 is 0. The Morgan fingerprint density at radius 3 is 2.30 bits per heavy atom. The molecule has 1 aliphatic carbocycles. The SMILES string of the molecule is CCN(CC1(C(=O)O)CCC(C)CC1)C(C)CN(C)C. The monoisotopic (exact) mass is 284 g/mol. The van der Waals surface area contributed by atoms with E-state index in [4.69, 9.17) is 0 Å². The van der Waals surface area contributed by atoms with Gasteiger partial charge in [-0.05, 0) is 59.2 Å². The lowest BCUT2D eigenvalue weighted by Crippen LogP contribution is -2.50. The second-order valence-corrected chi connectivity index (χ2v) is 6.94. The molecule has 0 amide bonds. The lowest BCUT2D eigenvalue weighted by molar-refractivity contribution is -0.153. The molecule has 4 heteroatoms. The summed E-state index contributed by atoms with van der Waals surface area (Å²) in [6.07, 6.45) is 3.75. The van der Waals surface area contributed by atoms with Crippen LogP contribution < -0.4 is 0 Å². The third-order valence-corrected chi connectivity index (χ3v) is 4.85. The molecular weight excluding hydrogens is 252 g/mol. The Bertz CT molecular complexity index is 310. The van der Waals surface area contributed by atoms with E-state index in [-0.39, 0.29) is 0 Å². The molecule has 1 atom stereocenters. The number of aliphatic carboxylic acids is 1. The third kappa shape index (κ3) is 4.45. The van der Waals surface area contributed by atoms with Crippen molar-refractivity contribution in [1.82, 2.24) is 9.80 Å². The van der Waals surface area contributed by atoms with E-state index < -0.39 is 11.4 Å². The lowest BCUT2D eigenvalue weighted by Gasteiger charge is -2.41. The first kappa shape index (κ1) is 17.4. The highest BCUT2D eigenvalue weighted by Gasteiger charge is 2.42. The molecule has 1 fully saturated rings. The number of carboxylic acids is 1. The van der Waals surface area contributed by atoms with Crippen LogP contribution in [0.1, 0.15) is 46.5 Å². The predicted octanol–water partition coefficient (Wildman–Crippen LogP) is 2.54. The molecule has 0 saturated heterocycles. The molecule has 0 aliphatic heterocycles. The smallest absolute Gasteiger partial charge is 0.310 e. The molecule has 1 rings (SSSR count). The van der Waals surface area contributed by atoms with Crippen LogP contribution in [-0.4, -0.2) is 60.6 Å². The van der Waals surface area contributed by atoms with Crippen molar-refractivity contribution in [3.8, 4) is 0 Å². The zero-order valence-corrected chi connectivity index (χ0v) is 13.9. The van der Waals surface area contributed by atoms with Crippen molar-refractivity contribution in [2.24, 2.45) is 11.3 Å². The molecule has 20 heavy (non-hydrogen) atoms. The number of rotatable bonds is 7. The molecule has 1 aliphatic rings. The molecule has 0 spiro atoms. The van der Waals surface area contributed by atoms with E-state index in [2.05, 4.69) is 44.7 Å². The van der Waals surface area contributed by atoms with Crippen molar-refractivity contribution in [2.45, 2.75) is 52.5 Å². The quantitative estimate of drug-likeness (QED) is 0.780. The number of nitrogens with zero attached hydrogens (tertiary/aromatic N) is 2. The van der Waals surface area contributed by atoms with Crippen LogP contribution in [0.4, 0.5) is 0 Å². The van der Waals surface area contributed by atoms with Gasteiger partial charge in [-0.15, -0.1) is 0 Å². The van der Waals surface area contributed by atoms with Crippen LogP contribution in [0.2, 0.25) is 0 Å². The summed E-state index contributed by atoms with van der Waals surface area (Å²) in [5.74, 6) is 0.0802. The average molecular weight is 284 g/mol. The number of hydrogen-bond donors (Lipinski definition) is 1. The summed E-state index contributed by atoms with van der Waals surface area (Å²) in [6.45, 7) is 9.15. The van der Waals surface area contributed by atoms with Gasteiger partial charge in [0.05, 0.1) is 5.41 Å². The fourth-order valence-electron chi connectivity index (χ4n) is 3.37. The minimum Gasteiger partial charge on any atom is -0.481 e. The molecule has 1 saturated carbocycles. The Hall–Kier alpha value is -0.610. The maximum Gasteiger partial charge on any atom is 0.310 e. The van der Waals surface area contributed by atoms with Gasteiger partial charge in [-0.25, -0.2) is 0 Å². The van der Waals surface area contributed by atoms with Gasteiger partial charge in [0, 0.05) is 19.1 Å². The summed E-state index contributed by atoms with van der Waals surface area (Å²) < 4.78 is 0. The fourth-order valence-corrected chi connectivity index (χ4v) is 3.37. The van der Waals surface area contributed by atoms with Crippen LogP contribution in [0.25, 0.3) is 0 Å². The van der Waals surface area contributed by atoms with Gasteiger partial charge in [0.2, 0.25) is 0 Å². The van der Waals surface area contributed by atoms with Gasteiger partial charge in [0.15, 0.2) is 0 Å². The minimum atomic E-state index is -0.597. The van der Waals surface area contributed by atoms with Crippen molar-refractivity contribution in [3.63, 3.8) is 0 Å². The molecule has 0 aromatic carbocycles. The first-order valence-electron chi connectivity index (χ1n) is 7.93. The van der Waals surface area contributed by atoms with E-state index in [1.54, 1.807) is 0 Å². The van der Waals surface area contributed by atoms with E-state index in [0.29, 0.717) is 18.5 Å². The summed E-state index contributed by atoms with van der Waals surface area (Å²) in [6, 6.07) is 0.394. The van der Waals surface area contributed by atoms with Gasteiger partial charge in [-0.2, -0.15) is 0 Å². The fraction of sp³-hybridized carbons (Fsp3) is 0.938. The van der Waals surface area contributed by atoms with Crippen LogP contribution >= 0.6 is 0 Å². The van der Waals surface area contributed by atoms with Gasteiger partial charge in [0.1, 0.15) is 0 Å². The molecule has 1 unspecified atom stereocenters. The van der Waals surface area contributed by atoms with E-state index in [1.807, 2.05) is 0 Å². The molecule has 0 heterocycles. The molecule has 0 radical (unpaired) electrons. The summed E-state index contributed by atoms with van der Waals surface area (Å²) in [4.78, 5) is 16.3. The van der Waals surface area contributed by atoms with Crippen molar-refractivity contribution in [1.29, 1.82) is 0 Å². The highest BCUT2D eigenvalue weighted by Crippen LogP contribution is 2.40. The zero-order chi connectivity index (χ0) is 15.3. The molecule has 1 N–H and O–H groups in total. The Kier molecular flexibility index (Phi) is 6.46. The number of hydrogen-bond acceptors (Lipinski definition) is 3. The number of likely N-dealkylation sites (N-methyl/N-ethyl adjacent to an activating group) is 2. The van der Waals surface area contributed by atoms with Gasteiger partial charge >= 0.3 is 5.97 Å². The van der Waals surface area contributed by atoms with Crippen molar-refractivity contribution >= 4 is 5.97 Å². The number of carbonyl (C=O) groups is 1. The van der Waals surface area contributed by atoms with E-state index in [0.717, 1.165) is 38.8 Å². The second kappa shape index (κ2) is 7.41. The van der Waals surface area contributed by atoms with Crippen molar-refractivity contribution in [2.75, 3.05) is 33.7 Å². The predicted molar refractivity (Wildman–Crippen MR) is 83.0 cm³/mol. The van der Waals surface area contributed by atoms with E-state index in [1.165, 1.54) is 0 Å². The van der Waals surface area contributed by atoms with Crippen LogP contribution in [0.15, 0.2) is 0 Å². The molecule has 4 nitrogen and oxygen atoms in total. The van der Waals surface area contributed by atoms with Crippen LogP contribution in [0, 0.1) is 11.3 Å². The summed E-state index contributed by atoms with van der Waals surface area (Å²) in [7, 11) is 4.14. The molecule has 0 aromatic heterocycles. The standard InChI is InChI=1S/C16H32N2O2/c1-6-18(14(3)11-17(4)5)12-16(15(19)20)9-7-13(2)8-10-16/h13-14H,6-12H2,1-5H3,(H,19,20). The zero-order valence-electron chi connectivity index (χ0n) is 13.9. The van der Waals surface area contributed by atoms with Gasteiger partial charge < -0.3 is 10.0 Å². The summed E-state index contributed by atoms with van der Waals surface area (Å²) in [5, 5.41) is 9.75. The Labute approximate surface area is 124 Å². The maximum atomic E-state index is 11.8. The Balaban J connectivity index is 2.75. The van der Waals surface area contributed by atoms with E-state index in [9.17, 15) is 9.90 Å². The first-order valence-corrected chi connectivity index (χ1v) is 7.93. The van der Waals surface area contributed by atoms with E-state index >= 15 is 0 Å². The number of carboxylic acid groups (broad SMARTS) is 1. The topological polar surface area (TPSA) is 43.8 Å². The minimum absolute atomic E-state index is 0.394. The Morgan fingerprint density at radius 1 is 1.35 bits per heavy atom. The van der Waals surface area contributed by atoms with Crippen molar-refractivity contribution < 1.29 is 9.90 Å². The second-order valence-electron chi connectivity index (χ2n) is 6.94. The average Bonchev–Trinajstić information content (AvgIpc) is 2.37. The molecule has 0 bridgehead atoms. The van der Waals surface area contributed by atoms with Gasteiger partial charge in [0.25, 0.3) is 0 Å². The largest absolute Gasteiger partial charge is 0.481 e. The molecule has 118 valence electrons. The third-order valence-electron chi connectivity index (χ3n) is 4.85. The highest BCUT2D eigenvalue weighted by atomic mass is 16.4. The Morgan fingerprint density at radius 2 is 1.90 bits per heavy atom. The van der Waals surface area contributed by atoms with Crippen LogP contribution in [-0.2, 0) is 4.79 Å². The first-order chi connectivity index (χ1) is 9.30. The lowest BCUT2D eigenvalue weighted by atomic mass is 9.70. The highest BCUT2D eigenvalue weighted by molar-refractivity contribution is 5.75.